The molecule has 7 heteroatoms. The highest BCUT2D eigenvalue weighted by atomic mass is 32.1. The molecular formula is C19H20N5OS+. The van der Waals surface area contributed by atoms with Crippen LogP contribution in [0.5, 0.6) is 0 Å². The van der Waals surface area contributed by atoms with Gasteiger partial charge >= 0.3 is 0 Å². The maximum atomic E-state index is 12.6. The van der Waals surface area contributed by atoms with Gasteiger partial charge in [-0.05, 0) is 31.5 Å². The van der Waals surface area contributed by atoms with Gasteiger partial charge in [-0.2, -0.15) is 15.0 Å². The Balaban J connectivity index is 1.67. The van der Waals surface area contributed by atoms with Crippen LogP contribution < -0.4 is 10.5 Å². The van der Waals surface area contributed by atoms with Crippen LogP contribution in [0.25, 0.3) is 10.2 Å². The van der Waals surface area contributed by atoms with Gasteiger partial charge in [-0.25, -0.2) is 4.98 Å². The normalized spacial score (nSPS) is 19.7. The second-order valence-electron chi connectivity index (χ2n) is 6.78. The predicted octanol–water partition coefficient (Wildman–Crippen LogP) is 1.72. The van der Waals surface area contributed by atoms with Crippen molar-refractivity contribution in [3.05, 3.63) is 56.4 Å². The number of quaternary nitrogens is 1. The molecule has 0 aliphatic carbocycles. The molecule has 1 unspecified atom stereocenters. The fourth-order valence-corrected chi connectivity index (χ4v) is 4.80. The highest BCUT2D eigenvalue weighted by Gasteiger charge is 2.33. The van der Waals surface area contributed by atoms with Gasteiger partial charge in [0, 0.05) is 12.8 Å². The average Bonchev–Trinajstić information content (AvgIpc) is 3.26. The molecule has 0 spiro atoms. The lowest BCUT2D eigenvalue weighted by Gasteiger charge is -2.20. The van der Waals surface area contributed by atoms with Crippen molar-refractivity contribution >= 4 is 21.6 Å². The van der Waals surface area contributed by atoms with Crippen molar-refractivity contribution in [3.8, 4) is 6.07 Å². The van der Waals surface area contributed by atoms with Gasteiger partial charge in [0.1, 0.15) is 17.7 Å². The first-order valence-corrected chi connectivity index (χ1v) is 9.58. The Morgan fingerprint density at radius 1 is 1.38 bits per heavy atom. The first kappa shape index (κ1) is 16.9. The van der Waals surface area contributed by atoms with Gasteiger partial charge in [-0.1, -0.05) is 12.1 Å². The maximum Gasteiger partial charge on any atom is 0.289 e. The van der Waals surface area contributed by atoms with Crippen LogP contribution in [0.1, 0.15) is 40.7 Å². The van der Waals surface area contributed by atoms with Crippen LogP contribution in [-0.2, 0) is 6.67 Å². The van der Waals surface area contributed by atoms with Gasteiger partial charge in [0.25, 0.3) is 5.56 Å². The molecule has 1 N–H and O–H groups in total. The number of nitrogens with zero attached hydrogens (tertiary/aromatic N) is 4. The minimum Gasteiger partial charge on any atom is -0.308 e. The zero-order chi connectivity index (χ0) is 18.3. The van der Waals surface area contributed by atoms with Crippen LogP contribution in [0, 0.1) is 25.2 Å². The highest BCUT2D eigenvalue weighted by Crippen LogP contribution is 2.28. The molecule has 3 heterocycles. The lowest BCUT2D eigenvalue weighted by Crippen LogP contribution is -3.10. The summed E-state index contributed by atoms with van der Waals surface area (Å²) in [5.74, 6) is 0. The first-order chi connectivity index (χ1) is 12.6. The Morgan fingerprint density at radius 2 is 2.19 bits per heavy atom. The number of thiazole rings is 1. The van der Waals surface area contributed by atoms with E-state index in [2.05, 4.69) is 11.2 Å². The molecule has 1 aliphatic rings. The zero-order valence-corrected chi connectivity index (χ0v) is 15.6. The smallest absolute Gasteiger partial charge is 0.289 e. The molecule has 2 aromatic heterocycles. The number of nitrogens with one attached hydrogen (secondary N) is 1. The Morgan fingerprint density at radius 3 is 2.96 bits per heavy atom. The number of para-hydroxylation sites is 1. The summed E-state index contributed by atoms with van der Waals surface area (Å²) in [4.78, 5) is 18.7. The number of hydrogen-bond acceptors (Lipinski definition) is 5. The summed E-state index contributed by atoms with van der Waals surface area (Å²) < 4.78 is 2.66. The van der Waals surface area contributed by atoms with E-state index in [9.17, 15) is 10.1 Å². The van der Waals surface area contributed by atoms with E-state index in [4.69, 9.17) is 4.98 Å². The Labute approximate surface area is 155 Å². The summed E-state index contributed by atoms with van der Waals surface area (Å²) in [6.45, 7) is 5.06. The zero-order valence-electron chi connectivity index (χ0n) is 14.8. The molecule has 132 valence electrons. The number of aromatic nitrogens is 3. The molecule has 1 fully saturated rings. The van der Waals surface area contributed by atoms with Gasteiger partial charge in [0.15, 0.2) is 11.7 Å². The molecule has 0 bridgehead atoms. The third-order valence-electron chi connectivity index (χ3n) is 5.19. The molecule has 4 rings (SSSR count). The van der Waals surface area contributed by atoms with Crippen LogP contribution >= 0.6 is 11.3 Å². The van der Waals surface area contributed by atoms with Crippen LogP contribution in [0.15, 0.2) is 29.1 Å². The molecule has 0 saturated carbocycles. The van der Waals surface area contributed by atoms with Gasteiger partial charge < -0.3 is 4.90 Å². The lowest BCUT2D eigenvalue weighted by atomic mass is 10.1. The van der Waals surface area contributed by atoms with E-state index in [1.165, 1.54) is 14.3 Å². The van der Waals surface area contributed by atoms with Crippen molar-refractivity contribution in [2.75, 3.05) is 6.54 Å². The van der Waals surface area contributed by atoms with Crippen molar-refractivity contribution in [1.29, 1.82) is 5.26 Å². The van der Waals surface area contributed by atoms with Crippen LogP contribution in [-0.4, -0.2) is 21.3 Å². The largest absolute Gasteiger partial charge is 0.308 e. The number of likely N-dealkylation sites (tertiary alicyclic amines) is 1. The quantitative estimate of drug-likeness (QED) is 0.766. The Hall–Kier alpha value is -2.56. The average molecular weight is 366 g/mol. The van der Waals surface area contributed by atoms with Gasteiger partial charge in [-0.3, -0.25) is 4.79 Å². The molecule has 26 heavy (non-hydrogen) atoms. The van der Waals surface area contributed by atoms with Crippen LogP contribution in [0.3, 0.4) is 0 Å². The lowest BCUT2D eigenvalue weighted by molar-refractivity contribution is -0.941. The van der Waals surface area contributed by atoms with Gasteiger partial charge in [0.05, 0.1) is 22.5 Å². The number of aryl methyl sites for hydroxylation is 1. The van der Waals surface area contributed by atoms with E-state index in [1.54, 1.807) is 18.3 Å². The minimum absolute atomic E-state index is 0.202. The molecule has 0 radical (unpaired) electrons. The van der Waals surface area contributed by atoms with Crippen molar-refractivity contribution in [2.45, 2.75) is 39.4 Å². The van der Waals surface area contributed by atoms with Crippen molar-refractivity contribution in [1.82, 2.24) is 14.8 Å². The van der Waals surface area contributed by atoms with Crippen molar-refractivity contribution in [3.63, 3.8) is 0 Å². The van der Waals surface area contributed by atoms with Crippen molar-refractivity contribution in [2.24, 2.45) is 0 Å². The number of fused-ring (bicyclic) bond motifs is 1. The van der Waals surface area contributed by atoms with E-state index >= 15 is 0 Å². The Bertz CT molecular complexity index is 1040. The fraction of sp³-hybridized carbons (Fsp3) is 0.368. The Kier molecular flexibility index (Phi) is 4.31. The summed E-state index contributed by atoms with van der Waals surface area (Å²) >= 11 is 1.73. The van der Waals surface area contributed by atoms with E-state index in [1.807, 2.05) is 31.2 Å². The summed E-state index contributed by atoms with van der Waals surface area (Å²) in [5.41, 5.74) is 2.35. The summed E-state index contributed by atoms with van der Waals surface area (Å²) in [6, 6.07) is 10.5. The predicted molar refractivity (Wildman–Crippen MR) is 100 cm³/mol. The number of rotatable bonds is 3. The highest BCUT2D eigenvalue weighted by molar-refractivity contribution is 7.18. The molecular weight excluding hydrogens is 346 g/mol. The standard InChI is InChI=1S/C19H19N5OS/c1-12-13(2)22-24(19(25)14(12)10-20)11-23-9-5-7-16(23)18-21-15-6-3-4-8-17(15)26-18/h3-4,6,8,16H,5,7,9,11H2,1-2H3/p+1/t16-/m0/s1. The topological polar surface area (TPSA) is 76.0 Å². The summed E-state index contributed by atoms with van der Waals surface area (Å²) in [5, 5.41) is 14.9. The summed E-state index contributed by atoms with van der Waals surface area (Å²) in [6.07, 6.45) is 2.15. The van der Waals surface area contributed by atoms with E-state index in [0.717, 1.165) is 35.6 Å². The third kappa shape index (κ3) is 2.81. The van der Waals surface area contributed by atoms with Crippen LogP contribution in [0.4, 0.5) is 0 Å². The van der Waals surface area contributed by atoms with E-state index in [0.29, 0.717) is 12.2 Å². The second kappa shape index (κ2) is 6.63. The third-order valence-corrected chi connectivity index (χ3v) is 6.34. The second-order valence-corrected chi connectivity index (χ2v) is 7.85. The minimum atomic E-state index is -0.293. The van der Waals surface area contributed by atoms with Crippen LogP contribution in [0.2, 0.25) is 0 Å². The number of nitriles is 1. The fourth-order valence-electron chi connectivity index (χ4n) is 3.64. The van der Waals surface area contributed by atoms with Gasteiger partial charge in [0.2, 0.25) is 0 Å². The number of hydrogen-bond donors (Lipinski definition) is 1. The van der Waals surface area contributed by atoms with Gasteiger partial charge in [-0.15, -0.1) is 11.3 Å². The first-order valence-electron chi connectivity index (χ1n) is 8.77. The number of benzene rings is 1. The molecule has 1 aromatic carbocycles. The molecule has 0 amide bonds. The van der Waals surface area contributed by atoms with E-state index in [-0.39, 0.29) is 17.2 Å². The molecule has 6 nitrogen and oxygen atoms in total. The van der Waals surface area contributed by atoms with Crippen molar-refractivity contribution < 1.29 is 4.90 Å². The molecule has 2 atom stereocenters. The maximum absolute atomic E-state index is 12.6. The molecule has 1 aliphatic heterocycles. The SMILES string of the molecule is Cc1nn(C[NH+]2CCC[C@H]2c2nc3ccccc3s2)c(=O)c(C#N)c1C. The van der Waals surface area contributed by atoms with E-state index < -0.39 is 0 Å². The monoisotopic (exact) mass is 366 g/mol. The summed E-state index contributed by atoms with van der Waals surface area (Å²) in [7, 11) is 0. The molecule has 3 aromatic rings. The molecule has 1 saturated heterocycles.